The number of nitrogens with zero attached hydrogens (tertiary/aromatic N) is 1. The minimum absolute atomic E-state index is 0.103. The summed E-state index contributed by atoms with van der Waals surface area (Å²) < 4.78 is 19.0. The van der Waals surface area contributed by atoms with Gasteiger partial charge in [-0.15, -0.1) is 11.6 Å². The van der Waals surface area contributed by atoms with Crippen LogP contribution in [0.4, 0.5) is 4.39 Å². The van der Waals surface area contributed by atoms with E-state index < -0.39 is 5.82 Å². The Kier molecular flexibility index (Phi) is 3.82. The molecule has 88 valence electrons. The van der Waals surface area contributed by atoms with E-state index in [1.807, 2.05) is 0 Å². The van der Waals surface area contributed by atoms with Gasteiger partial charge in [-0.3, -0.25) is 4.98 Å². The maximum absolute atomic E-state index is 13.6. The SMILES string of the molecule is Fc1cccc(CCl)c1Oc1cncc(Cl)c1. The molecule has 2 rings (SSSR count). The molecule has 2 aromatic rings. The molecule has 0 saturated carbocycles. The number of benzene rings is 1. The number of halogens is 3. The quantitative estimate of drug-likeness (QED) is 0.772. The number of hydrogen-bond donors (Lipinski definition) is 0. The van der Waals surface area contributed by atoms with Gasteiger partial charge in [-0.1, -0.05) is 23.7 Å². The van der Waals surface area contributed by atoms with Gasteiger partial charge in [0.25, 0.3) is 0 Å². The summed E-state index contributed by atoms with van der Waals surface area (Å²) in [5.74, 6) is 0.171. The summed E-state index contributed by atoms with van der Waals surface area (Å²) in [4.78, 5) is 3.85. The first-order valence-corrected chi connectivity index (χ1v) is 5.73. The lowest BCUT2D eigenvalue weighted by Gasteiger charge is -2.10. The van der Waals surface area contributed by atoms with E-state index in [0.717, 1.165) is 0 Å². The van der Waals surface area contributed by atoms with E-state index in [4.69, 9.17) is 27.9 Å². The third kappa shape index (κ3) is 2.87. The van der Waals surface area contributed by atoms with Gasteiger partial charge in [0.15, 0.2) is 11.6 Å². The van der Waals surface area contributed by atoms with Crippen LogP contribution in [0.2, 0.25) is 5.02 Å². The van der Waals surface area contributed by atoms with Crippen molar-refractivity contribution in [3.8, 4) is 11.5 Å². The van der Waals surface area contributed by atoms with Crippen LogP contribution < -0.4 is 4.74 Å². The second kappa shape index (κ2) is 5.34. The normalized spacial score (nSPS) is 10.3. The Morgan fingerprint density at radius 3 is 2.82 bits per heavy atom. The average molecular weight is 272 g/mol. The van der Waals surface area contributed by atoms with E-state index in [1.54, 1.807) is 18.2 Å². The molecule has 1 aromatic carbocycles. The maximum atomic E-state index is 13.6. The van der Waals surface area contributed by atoms with Crippen molar-refractivity contribution in [1.29, 1.82) is 0 Å². The predicted octanol–water partition coefficient (Wildman–Crippen LogP) is 4.41. The third-order valence-electron chi connectivity index (χ3n) is 2.09. The fourth-order valence-corrected chi connectivity index (χ4v) is 1.71. The van der Waals surface area contributed by atoms with E-state index >= 15 is 0 Å². The van der Waals surface area contributed by atoms with Crippen LogP contribution in [-0.4, -0.2) is 4.98 Å². The zero-order valence-corrected chi connectivity index (χ0v) is 10.2. The third-order valence-corrected chi connectivity index (χ3v) is 2.59. The fourth-order valence-electron chi connectivity index (χ4n) is 1.34. The summed E-state index contributed by atoms with van der Waals surface area (Å²) >= 11 is 11.5. The largest absolute Gasteiger partial charge is 0.452 e. The summed E-state index contributed by atoms with van der Waals surface area (Å²) in [6.45, 7) is 0. The maximum Gasteiger partial charge on any atom is 0.167 e. The molecular weight excluding hydrogens is 264 g/mol. The molecule has 1 heterocycles. The molecule has 1 aromatic heterocycles. The Morgan fingerprint density at radius 1 is 1.29 bits per heavy atom. The zero-order chi connectivity index (χ0) is 12.3. The van der Waals surface area contributed by atoms with Crippen molar-refractivity contribution in [2.45, 2.75) is 5.88 Å². The summed E-state index contributed by atoms with van der Waals surface area (Å²) in [5, 5.41) is 0.422. The van der Waals surface area contributed by atoms with Crippen LogP contribution in [0.1, 0.15) is 5.56 Å². The Morgan fingerprint density at radius 2 is 2.12 bits per heavy atom. The van der Waals surface area contributed by atoms with Gasteiger partial charge in [-0.05, 0) is 6.07 Å². The first-order chi connectivity index (χ1) is 8.20. The minimum atomic E-state index is -0.469. The van der Waals surface area contributed by atoms with Crippen molar-refractivity contribution >= 4 is 23.2 Å². The van der Waals surface area contributed by atoms with Crippen molar-refractivity contribution in [2.75, 3.05) is 0 Å². The molecule has 0 fully saturated rings. The molecule has 0 aliphatic rings. The van der Waals surface area contributed by atoms with Crippen LogP contribution in [0.5, 0.6) is 11.5 Å². The standard InChI is InChI=1S/C12H8Cl2FNO/c13-5-8-2-1-3-11(15)12(8)17-10-4-9(14)6-16-7-10/h1-4,6-7H,5H2. The summed E-state index contributed by atoms with van der Waals surface area (Å²) in [5.41, 5.74) is 0.576. The first-order valence-electron chi connectivity index (χ1n) is 4.82. The smallest absolute Gasteiger partial charge is 0.167 e. The topological polar surface area (TPSA) is 22.1 Å². The molecule has 0 unspecified atom stereocenters. The van der Waals surface area contributed by atoms with E-state index in [2.05, 4.69) is 4.98 Å². The molecule has 0 radical (unpaired) electrons. The minimum Gasteiger partial charge on any atom is -0.452 e. The number of alkyl halides is 1. The second-order valence-electron chi connectivity index (χ2n) is 3.30. The van der Waals surface area contributed by atoms with Crippen LogP contribution >= 0.6 is 23.2 Å². The van der Waals surface area contributed by atoms with Gasteiger partial charge < -0.3 is 4.74 Å². The van der Waals surface area contributed by atoms with E-state index in [1.165, 1.54) is 18.5 Å². The van der Waals surface area contributed by atoms with Crippen LogP contribution in [-0.2, 0) is 5.88 Å². The van der Waals surface area contributed by atoms with E-state index in [-0.39, 0.29) is 11.6 Å². The number of ether oxygens (including phenoxy) is 1. The molecule has 0 amide bonds. The molecule has 0 bridgehead atoms. The highest BCUT2D eigenvalue weighted by Gasteiger charge is 2.10. The van der Waals surface area contributed by atoms with Gasteiger partial charge in [0.2, 0.25) is 0 Å². The summed E-state index contributed by atoms with van der Waals surface area (Å²) in [7, 11) is 0. The van der Waals surface area contributed by atoms with Gasteiger partial charge in [-0.25, -0.2) is 4.39 Å². The summed E-state index contributed by atoms with van der Waals surface area (Å²) in [6.07, 6.45) is 2.93. The Hall–Kier alpha value is -1.32. The molecule has 0 atom stereocenters. The highest BCUT2D eigenvalue weighted by molar-refractivity contribution is 6.30. The fraction of sp³-hybridized carbons (Fsp3) is 0.0833. The molecule has 0 aliphatic heterocycles. The zero-order valence-electron chi connectivity index (χ0n) is 8.66. The van der Waals surface area contributed by atoms with Crippen LogP contribution in [0, 0.1) is 5.82 Å². The lowest BCUT2D eigenvalue weighted by atomic mass is 10.2. The Labute approximate surface area is 108 Å². The van der Waals surface area contributed by atoms with Crippen molar-refractivity contribution in [2.24, 2.45) is 0 Å². The van der Waals surface area contributed by atoms with Crippen LogP contribution in [0.25, 0.3) is 0 Å². The van der Waals surface area contributed by atoms with Crippen molar-refractivity contribution in [3.05, 3.63) is 53.1 Å². The highest BCUT2D eigenvalue weighted by Crippen LogP contribution is 2.30. The molecule has 0 aliphatic carbocycles. The second-order valence-corrected chi connectivity index (χ2v) is 4.01. The number of para-hydroxylation sites is 1. The Bertz CT molecular complexity index is 534. The molecule has 17 heavy (non-hydrogen) atoms. The Balaban J connectivity index is 2.35. The highest BCUT2D eigenvalue weighted by atomic mass is 35.5. The molecule has 2 nitrogen and oxygen atoms in total. The van der Waals surface area contributed by atoms with Crippen LogP contribution in [0.3, 0.4) is 0 Å². The van der Waals surface area contributed by atoms with Gasteiger partial charge in [-0.2, -0.15) is 0 Å². The number of hydrogen-bond acceptors (Lipinski definition) is 2. The van der Waals surface area contributed by atoms with Crippen LogP contribution in [0.15, 0.2) is 36.7 Å². The molecular formula is C12H8Cl2FNO. The van der Waals surface area contributed by atoms with E-state index in [9.17, 15) is 4.39 Å². The van der Waals surface area contributed by atoms with Crippen molar-refractivity contribution in [3.63, 3.8) is 0 Å². The van der Waals surface area contributed by atoms with E-state index in [0.29, 0.717) is 16.3 Å². The van der Waals surface area contributed by atoms with Gasteiger partial charge in [0.05, 0.1) is 17.1 Å². The molecule has 0 N–H and O–H groups in total. The van der Waals surface area contributed by atoms with Crippen molar-refractivity contribution in [1.82, 2.24) is 4.98 Å². The van der Waals surface area contributed by atoms with Gasteiger partial charge in [0.1, 0.15) is 5.75 Å². The molecule has 5 heteroatoms. The van der Waals surface area contributed by atoms with Crippen molar-refractivity contribution < 1.29 is 9.13 Å². The molecule has 0 spiro atoms. The number of pyridine rings is 1. The number of aromatic nitrogens is 1. The monoisotopic (exact) mass is 271 g/mol. The summed E-state index contributed by atoms with van der Waals surface area (Å²) in [6, 6.07) is 6.14. The average Bonchev–Trinajstić information content (AvgIpc) is 2.32. The number of rotatable bonds is 3. The lowest BCUT2D eigenvalue weighted by Crippen LogP contribution is -1.93. The lowest BCUT2D eigenvalue weighted by molar-refractivity contribution is 0.436. The first kappa shape index (κ1) is 12.1. The molecule has 0 saturated heterocycles. The predicted molar refractivity (Wildman–Crippen MR) is 65.3 cm³/mol. The van der Waals surface area contributed by atoms with Gasteiger partial charge in [0, 0.05) is 17.8 Å². The van der Waals surface area contributed by atoms with Gasteiger partial charge >= 0.3 is 0 Å².